The molecule has 0 spiro atoms. The van der Waals surface area contributed by atoms with Gasteiger partial charge in [0.2, 0.25) is 5.91 Å². The van der Waals surface area contributed by atoms with E-state index in [1.165, 1.54) is 11.8 Å². The standard InChI is InChI=1S/C26H29Cl2N5O2S/c1-5-12-33-24(22(13-16(2)3)30-25(35)19-8-6-7-9-20(19)28)31-32-26(33)36-15-23(34)29-21-14-18(27)11-10-17(21)4/h5-11,14,16,22H,1,12-13,15H2,2-4H3,(H,29,34)(H,30,35)/t22-/m0/s1. The van der Waals surface area contributed by atoms with Crippen LogP contribution in [0, 0.1) is 12.8 Å². The highest BCUT2D eigenvalue weighted by Gasteiger charge is 2.25. The number of hydrogen-bond acceptors (Lipinski definition) is 5. The van der Waals surface area contributed by atoms with Crippen molar-refractivity contribution in [2.75, 3.05) is 11.1 Å². The summed E-state index contributed by atoms with van der Waals surface area (Å²) in [6.45, 7) is 10.3. The molecule has 1 atom stereocenters. The van der Waals surface area contributed by atoms with E-state index in [0.717, 1.165) is 5.56 Å². The average Bonchev–Trinajstić information content (AvgIpc) is 3.22. The molecular weight excluding hydrogens is 517 g/mol. The fourth-order valence-electron chi connectivity index (χ4n) is 3.59. The molecule has 36 heavy (non-hydrogen) atoms. The number of allylic oxidation sites excluding steroid dienone is 1. The summed E-state index contributed by atoms with van der Waals surface area (Å²) in [5.41, 5.74) is 1.98. The molecule has 2 amide bonds. The first kappa shape index (κ1) is 27.8. The van der Waals surface area contributed by atoms with Gasteiger partial charge in [-0.1, -0.05) is 73.1 Å². The monoisotopic (exact) mass is 545 g/mol. The summed E-state index contributed by atoms with van der Waals surface area (Å²) in [5.74, 6) is 0.522. The Morgan fingerprint density at radius 3 is 2.61 bits per heavy atom. The summed E-state index contributed by atoms with van der Waals surface area (Å²) < 4.78 is 1.87. The average molecular weight is 547 g/mol. The Kier molecular flexibility index (Phi) is 9.98. The molecule has 3 aromatic rings. The van der Waals surface area contributed by atoms with E-state index in [-0.39, 0.29) is 23.5 Å². The van der Waals surface area contributed by atoms with Crippen LogP contribution in [0.3, 0.4) is 0 Å². The van der Waals surface area contributed by atoms with Crippen molar-refractivity contribution in [2.24, 2.45) is 5.92 Å². The quantitative estimate of drug-likeness (QED) is 0.217. The van der Waals surface area contributed by atoms with Gasteiger partial charge in [-0.05, 0) is 49.1 Å². The number of nitrogens with one attached hydrogen (secondary N) is 2. The number of rotatable bonds is 11. The van der Waals surface area contributed by atoms with Gasteiger partial charge in [-0.25, -0.2) is 0 Å². The van der Waals surface area contributed by atoms with E-state index in [1.54, 1.807) is 42.5 Å². The van der Waals surface area contributed by atoms with Crippen molar-refractivity contribution < 1.29 is 9.59 Å². The van der Waals surface area contributed by atoms with Gasteiger partial charge < -0.3 is 15.2 Å². The smallest absolute Gasteiger partial charge is 0.253 e. The maximum Gasteiger partial charge on any atom is 0.253 e. The molecule has 0 aliphatic rings. The first-order valence-corrected chi connectivity index (χ1v) is 13.2. The lowest BCUT2D eigenvalue weighted by Crippen LogP contribution is -2.32. The lowest BCUT2D eigenvalue weighted by Gasteiger charge is -2.21. The summed E-state index contributed by atoms with van der Waals surface area (Å²) in [5, 5.41) is 16.1. The Hall–Kier alpha value is -2.81. The highest BCUT2D eigenvalue weighted by atomic mass is 35.5. The number of nitrogens with zero attached hydrogens (tertiary/aromatic N) is 3. The van der Waals surface area contributed by atoms with Gasteiger partial charge in [0.05, 0.1) is 22.4 Å². The van der Waals surface area contributed by atoms with Gasteiger partial charge in [0, 0.05) is 17.3 Å². The fraction of sp³-hybridized carbons (Fsp3) is 0.308. The lowest BCUT2D eigenvalue weighted by atomic mass is 10.0. The molecule has 1 heterocycles. The van der Waals surface area contributed by atoms with Crippen LogP contribution < -0.4 is 10.6 Å². The summed E-state index contributed by atoms with van der Waals surface area (Å²) in [7, 11) is 0. The molecule has 10 heteroatoms. The first-order chi connectivity index (χ1) is 17.2. The minimum Gasteiger partial charge on any atom is -0.342 e. The van der Waals surface area contributed by atoms with Crippen LogP contribution in [0.4, 0.5) is 5.69 Å². The van der Waals surface area contributed by atoms with Gasteiger partial charge in [0.25, 0.3) is 5.91 Å². The molecule has 0 saturated carbocycles. The molecule has 0 fully saturated rings. The van der Waals surface area contributed by atoms with Gasteiger partial charge in [0.15, 0.2) is 11.0 Å². The maximum absolute atomic E-state index is 13.0. The van der Waals surface area contributed by atoms with Gasteiger partial charge in [0.1, 0.15) is 0 Å². The number of carbonyl (C=O) groups is 2. The largest absolute Gasteiger partial charge is 0.342 e. The van der Waals surface area contributed by atoms with Crippen LogP contribution in [0.15, 0.2) is 60.3 Å². The molecule has 7 nitrogen and oxygen atoms in total. The number of anilines is 1. The molecule has 0 aliphatic carbocycles. The summed E-state index contributed by atoms with van der Waals surface area (Å²) in [4.78, 5) is 25.6. The van der Waals surface area contributed by atoms with E-state index in [1.807, 2.05) is 17.6 Å². The molecule has 0 bridgehead atoms. The van der Waals surface area contributed by atoms with Crippen molar-refractivity contribution in [3.63, 3.8) is 0 Å². The number of halogens is 2. The predicted molar refractivity (Wildman–Crippen MR) is 147 cm³/mol. The molecule has 0 radical (unpaired) electrons. The zero-order chi connectivity index (χ0) is 26.2. The topological polar surface area (TPSA) is 88.9 Å². The minimum atomic E-state index is -0.404. The number of benzene rings is 2. The molecule has 2 aromatic carbocycles. The predicted octanol–water partition coefficient (Wildman–Crippen LogP) is 6.33. The number of hydrogen-bond donors (Lipinski definition) is 2. The van der Waals surface area contributed by atoms with Crippen molar-refractivity contribution in [2.45, 2.75) is 44.9 Å². The van der Waals surface area contributed by atoms with Crippen LogP contribution in [0.5, 0.6) is 0 Å². The third kappa shape index (κ3) is 7.35. The molecule has 0 aliphatic heterocycles. The van der Waals surface area contributed by atoms with E-state index in [4.69, 9.17) is 23.2 Å². The Morgan fingerprint density at radius 2 is 1.92 bits per heavy atom. The number of thioether (sulfide) groups is 1. The molecule has 0 saturated heterocycles. The number of carbonyl (C=O) groups excluding carboxylic acids is 2. The molecular formula is C26H29Cl2N5O2S. The fourth-order valence-corrected chi connectivity index (χ4v) is 4.74. The van der Waals surface area contributed by atoms with Gasteiger partial charge in [-0.3, -0.25) is 9.59 Å². The molecule has 0 unspecified atom stereocenters. The normalized spacial score (nSPS) is 11.8. The second kappa shape index (κ2) is 12.9. The van der Waals surface area contributed by atoms with Crippen LogP contribution in [0.2, 0.25) is 10.0 Å². The third-order valence-electron chi connectivity index (χ3n) is 5.31. The second-order valence-corrected chi connectivity index (χ2v) is 10.5. The van der Waals surface area contributed by atoms with E-state index >= 15 is 0 Å². The van der Waals surface area contributed by atoms with Crippen molar-refractivity contribution >= 4 is 52.5 Å². The Morgan fingerprint density at radius 1 is 1.17 bits per heavy atom. The van der Waals surface area contributed by atoms with E-state index in [0.29, 0.717) is 45.2 Å². The van der Waals surface area contributed by atoms with Crippen LogP contribution in [0.1, 0.15) is 48.1 Å². The molecule has 2 N–H and O–H groups in total. The molecule has 3 rings (SSSR count). The van der Waals surface area contributed by atoms with Gasteiger partial charge in [-0.2, -0.15) is 0 Å². The number of aromatic nitrogens is 3. The zero-order valence-corrected chi connectivity index (χ0v) is 22.8. The zero-order valence-electron chi connectivity index (χ0n) is 20.4. The number of aryl methyl sites for hydroxylation is 1. The van der Waals surface area contributed by atoms with E-state index in [2.05, 4.69) is 41.3 Å². The van der Waals surface area contributed by atoms with Crippen molar-refractivity contribution in [3.05, 3.63) is 82.1 Å². The maximum atomic E-state index is 13.0. The van der Waals surface area contributed by atoms with Crippen molar-refractivity contribution in [1.29, 1.82) is 0 Å². The van der Waals surface area contributed by atoms with E-state index in [9.17, 15) is 9.59 Å². The Labute approximate surface area is 225 Å². The number of amides is 2. The Bertz CT molecular complexity index is 1240. The van der Waals surface area contributed by atoms with Gasteiger partial charge in [-0.15, -0.1) is 16.8 Å². The van der Waals surface area contributed by atoms with Crippen LogP contribution in [-0.4, -0.2) is 32.3 Å². The first-order valence-electron chi connectivity index (χ1n) is 11.5. The van der Waals surface area contributed by atoms with E-state index < -0.39 is 6.04 Å². The SMILES string of the molecule is C=CCn1c(SCC(=O)Nc2cc(Cl)ccc2C)nnc1[C@H](CC(C)C)NC(=O)c1ccccc1Cl. The molecule has 1 aromatic heterocycles. The highest BCUT2D eigenvalue weighted by molar-refractivity contribution is 7.99. The summed E-state index contributed by atoms with van der Waals surface area (Å²) >= 11 is 13.5. The summed E-state index contributed by atoms with van der Waals surface area (Å²) in [6.07, 6.45) is 2.37. The minimum absolute atomic E-state index is 0.127. The van der Waals surface area contributed by atoms with Gasteiger partial charge >= 0.3 is 0 Å². The van der Waals surface area contributed by atoms with Crippen molar-refractivity contribution in [3.8, 4) is 0 Å². The Balaban J connectivity index is 1.79. The molecule has 190 valence electrons. The second-order valence-electron chi connectivity index (χ2n) is 8.67. The third-order valence-corrected chi connectivity index (χ3v) is 6.84. The highest BCUT2D eigenvalue weighted by Crippen LogP contribution is 2.27. The van der Waals surface area contributed by atoms with Crippen LogP contribution in [-0.2, 0) is 11.3 Å². The lowest BCUT2D eigenvalue weighted by molar-refractivity contribution is -0.113. The van der Waals surface area contributed by atoms with Crippen LogP contribution >= 0.6 is 35.0 Å². The van der Waals surface area contributed by atoms with Crippen molar-refractivity contribution in [1.82, 2.24) is 20.1 Å². The summed E-state index contributed by atoms with van der Waals surface area (Å²) in [6, 6.07) is 11.8. The van der Waals surface area contributed by atoms with Crippen LogP contribution in [0.25, 0.3) is 0 Å².